The first-order valence-corrected chi connectivity index (χ1v) is 12.0. The average molecular weight is 431 g/mol. The molecule has 3 aromatic rings. The summed E-state index contributed by atoms with van der Waals surface area (Å²) in [5.74, 6) is 0. The van der Waals surface area contributed by atoms with Crippen LogP contribution in [0.1, 0.15) is 21.9 Å². The van der Waals surface area contributed by atoms with Crippen molar-refractivity contribution in [1.82, 2.24) is 9.71 Å². The molecule has 0 saturated heterocycles. The summed E-state index contributed by atoms with van der Waals surface area (Å²) in [6.45, 7) is 3.42. The second-order valence-electron chi connectivity index (χ2n) is 6.80. The number of hydrogen-bond acceptors (Lipinski definition) is 5. The summed E-state index contributed by atoms with van der Waals surface area (Å²) in [6, 6.07) is 16.1. The molecule has 0 saturated carbocycles. The summed E-state index contributed by atoms with van der Waals surface area (Å²) >= 11 is 0. The van der Waals surface area contributed by atoms with E-state index in [9.17, 15) is 16.8 Å². The molecule has 0 aliphatic carbocycles. The van der Waals surface area contributed by atoms with Crippen LogP contribution in [0.4, 0.5) is 0 Å². The molecule has 0 aliphatic heterocycles. The minimum Gasteiger partial charge on any atom is -0.264 e. The Morgan fingerprint density at radius 1 is 0.828 bits per heavy atom. The van der Waals surface area contributed by atoms with Gasteiger partial charge in [-0.25, -0.2) is 21.6 Å². The summed E-state index contributed by atoms with van der Waals surface area (Å²) in [4.78, 5) is 4.21. The lowest BCUT2D eigenvalue weighted by atomic mass is 10.2. The second-order valence-corrected chi connectivity index (χ2v) is 10.7. The van der Waals surface area contributed by atoms with Crippen molar-refractivity contribution >= 4 is 19.9 Å². The number of sulfonamides is 1. The highest BCUT2D eigenvalue weighted by Gasteiger charge is 2.31. The number of sulfone groups is 1. The zero-order chi connectivity index (χ0) is 21.1. The van der Waals surface area contributed by atoms with E-state index in [1.54, 1.807) is 36.4 Å². The summed E-state index contributed by atoms with van der Waals surface area (Å²) < 4.78 is 54.3. The van der Waals surface area contributed by atoms with E-state index in [4.69, 9.17) is 0 Å². The predicted octanol–water partition coefficient (Wildman–Crippen LogP) is 3.19. The van der Waals surface area contributed by atoms with Gasteiger partial charge in [0.25, 0.3) is 0 Å². The Kier molecular flexibility index (Phi) is 6.16. The minimum atomic E-state index is -3.86. The number of nitrogens with one attached hydrogen (secondary N) is 1. The van der Waals surface area contributed by atoms with E-state index in [0.717, 1.165) is 11.1 Å². The lowest BCUT2D eigenvalue weighted by Gasteiger charge is -2.19. The van der Waals surface area contributed by atoms with Crippen molar-refractivity contribution in [2.24, 2.45) is 0 Å². The van der Waals surface area contributed by atoms with Crippen molar-refractivity contribution in [1.29, 1.82) is 0 Å². The molecule has 0 bridgehead atoms. The maximum absolute atomic E-state index is 13.3. The van der Waals surface area contributed by atoms with E-state index in [1.165, 1.54) is 36.7 Å². The molecule has 1 heterocycles. The van der Waals surface area contributed by atoms with Crippen molar-refractivity contribution in [3.63, 3.8) is 0 Å². The normalized spacial score (nSPS) is 13.2. The van der Waals surface area contributed by atoms with E-state index in [-0.39, 0.29) is 16.3 Å². The summed E-state index contributed by atoms with van der Waals surface area (Å²) in [5, 5.41) is -1.11. The fraction of sp³-hybridized carbons (Fsp3) is 0.190. The van der Waals surface area contributed by atoms with Crippen LogP contribution in [0.25, 0.3) is 0 Å². The van der Waals surface area contributed by atoms with Crippen LogP contribution in [0.5, 0.6) is 0 Å². The quantitative estimate of drug-likeness (QED) is 0.621. The van der Waals surface area contributed by atoms with Crippen LogP contribution >= 0.6 is 0 Å². The molecule has 29 heavy (non-hydrogen) atoms. The first kappa shape index (κ1) is 21.2. The van der Waals surface area contributed by atoms with Crippen molar-refractivity contribution in [3.05, 3.63) is 89.7 Å². The van der Waals surface area contributed by atoms with E-state index in [1.807, 2.05) is 13.8 Å². The number of pyridine rings is 1. The van der Waals surface area contributed by atoms with E-state index in [2.05, 4.69) is 9.71 Å². The van der Waals surface area contributed by atoms with Gasteiger partial charge < -0.3 is 0 Å². The van der Waals surface area contributed by atoms with Crippen LogP contribution < -0.4 is 4.72 Å². The molecule has 6 nitrogen and oxygen atoms in total. The molecule has 0 fully saturated rings. The molecular formula is C21H22N2O4S2. The van der Waals surface area contributed by atoms with Crippen LogP contribution in [-0.4, -0.2) is 28.4 Å². The highest BCUT2D eigenvalue weighted by atomic mass is 32.2. The van der Waals surface area contributed by atoms with Gasteiger partial charge in [-0.3, -0.25) is 4.98 Å². The van der Waals surface area contributed by atoms with Gasteiger partial charge in [-0.15, -0.1) is 0 Å². The first-order chi connectivity index (χ1) is 13.7. The van der Waals surface area contributed by atoms with Gasteiger partial charge in [-0.05, 0) is 49.7 Å². The van der Waals surface area contributed by atoms with Gasteiger partial charge in [0.05, 0.1) is 9.79 Å². The number of nitrogens with zero attached hydrogens (tertiary/aromatic N) is 1. The molecule has 0 amide bonds. The molecule has 1 N–H and O–H groups in total. The Morgan fingerprint density at radius 3 is 1.90 bits per heavy atom. The number of benzene rings is 2. The monoisotopic (exact) mass is 430 g/mol. The van der Waals surface area contributed by atoms with Crippen molar-refractivity contribution < 1.29 is 16.8 Å². The Morgan fingerprint density at radius 2 is 1.38 bits per heavy atom. The van der Waals surface area contributed by atoms with E-state index in [0.29, 0.717) is 5.56 Å². The number of aryl methyl sites for hydroxylation is 2. The third kappa shape index (κ3) is 4.90. The third-order valence-electron chi connectivity index (χ3n) is 4.57. The fourth-order valence-electron chi connectivity index (χ4n) is 2.85. The fourth-order valence-corrected chi connectivity index (χ4v) is 5.65. The summed E-state index contributed by atoms with van der Waals surface area (Å²) in [5.41, 5.74) is 2.28. The highest BCUT2D eigenvalue weighted by molar-refractivity contribution is 7.92. The number of hydrogen-bond donors (Lipinski definition) is 1. The first-order valence-electron chi connectivity index (χ1n) is 8.97. The molecule has 0 unspecified atom stereocenters. The largest absolute Gasteiger partial charge is 0.264 e. The smallest absolute Gasteiger partial charge is 0.240 e. The highest BCUT2D eigenvalue weighted by Crippen LogP contribution is 2.28. The van der Waals surface area contributed by atoms with Crippen LogP contribution in [0.2, 0.25) is 0 Å². The average Bonchev–Trinajstić information content (AvgIpc) is 2.69. The SMILES string of the molecule is Cc1ccc(S(=O)(=O)NC[C@@H](c2cccnc2)S(=O)(=O)c2ccc(C)cc2)cc1. The topological polar surface area (TPSA) is 93.2 Å². The maximum atomic E-state index is 13.3. The summed E-state index contributed by atoms with van der Waals surface area (Å²) in [6.07, 6.45) is 2.98. The van der Waals surface area contributed by atoms with Gasteiger partial charge in [0.2, 0.25) is 10.0 Å². The lowest BCUT2D eigenvalue weighted by molar-refractivity contribution is 0.568. The van der Waals surface area contributed by atoms with Gasteiger partial charge in [-0.1, -0.05) is 41.5 Å². The number of aromatic nitrogens is 1. The van der Waals surface area contributed by atoms with Crippen molar-refractivity contribution in [2.75, 3.05) is 6.54 Å². The van der Waals surface area contributed by atoms with Gasteiger partial charge in [-0.2, -0.15) is 0 Å². The van der Waals surface area contributed by atoms with Gasteiger partial charge in [0.15, 0.2) is 9.84 Å². The Bertz CT molecular complexity index is 1170. The molecule has 0 spiro atoms. The zero-order valence-corrected chi connectivity index (χ0v) is 17.7. The number of rotatable bonds is 7. The Balaban J connectivity index is 1.95. The molecule has 2 aromatic carbocycles. The molecule has 0 radical (unpaired) electrons. The molecule has 1 aromatic heterocycles. The second kappa shape index (κ2) is 8.44. The van der Waals surface area contributed by atoms with Gasteiger partial charge >= 0.3 is 0 Å². The third-order valence-corrected chi connectivity index (χ3v) is 8.13. The molecule has 0 aliphatic rings. The van der Waals surface area contributed by atoms with Crippen LogP contribution in [-0.2, 0) is 19.9 Å². The molecule has 8 heteroatoms. The van der Waals surface area contributed by atoms with E-state index < -0.39 is 25.1 Å². The standard InChI is InChI=1S/C21H22N2O4S2/c1-16-5-9-19(10-6-16)28(24,25)21(18-4-3-13-22-14-18)15-23-29(26,27)20-11-7-17(2)8-12-20/h3-14,21,23H,15H2,1-2H3/t21-/m0/s1. The molecular weight excluding hydrogens is 408 g/mol. The molecule has 152 valence electrons. The van der Waals surface area contributed by atoms with E-state index >= 15 is 0 Å². The van der Waals surface area contributed by atoms with Gasteiger partial charge in [0, 0.05) is 18.9 Å². The zero-order valence-electron chi connectivity index (χ0n) is 16.1. The van der Waals surface area contributed by atoms with Crippen molar-refractivity contribution in [3.8, 4) is 0 Å². The molecule has 3 rings (SSSR count). The van der Waals surface area contributed by atoms with Crippen LogP contribution in [0.3, 0.4) is 0 Å². The Labute approximate surface area is 171 Å². The molecule has 1 atom stereocenters. The lowest BCUT2D eigenvalue weighted by Crippen LogP contribution is -2.32. The summed E-state index contributed by atoms with van der Waals surface area (Å²) in [7, 11) is -7.71. The van der Waals surface area contributed by atoms with Crippen LogP contribution in [0.15, 0.2) is 82.8 Å². The van der Waals surface area contributed by atoms with Crippen LogP contribution in [0, 0.1) is 13.8 Å². The predicted molar refractivity (Wildman–Crippen MR) is 112 cm³/mol. The van der Waals surface area contributed by atoms with Crippen molar-refractivity contribution in [2.45, 2.75) is 28.9 Å². The van der Waals surface area contributed by atoms with Gasteiger partial charge in [0.1, 0.15) is 5.25 Å². The maximum Gasteiger partial charge on any atom is 0.240 e. The minimum absolute atomic E-state index is 0.0840. The Hall–Kier alpha value is -2.55.